The van der Waals surface area contributed by atoms with Crippen molar-refractivity contribution in [2.45, 2.75) is 20.3 Å². The van der Waals surface area contributed by atoms with Crippen molar-refractivity contribution in [1.82, 2.24) is 5.16 Å². The zero-order chi connectivity index (χ0) is 10.8. The normalized spacial score (nSPS) is 10.5. The van der Waals surface area contributed by atoms with Crippen molar-refractivity contribution >= 4 is 5.88 Å². The van der Waals surface area contributed by atoms with Crippen molar-refractivity contribution in [3.8, 4) is 11.3 Å². The first-order valence-electron chi connectivity index (χ1n) is 5.04. The fourth-order valence-electron chi connectivity index (χ4n) is 1.66. The molecule has 1 heterocycles. The second-order valence-electron chi connectivity index (χ2n) is 3.53. The lowest BCUT2D eigenvalue weighted by atomic mass is 10.0. The minimum atomic E-state index is 0.399. The summed E-state index contributed by atoms with van der Waals surface area (Å²) in [6.07, 6.45) is 0.975. The van der Waals surface area contributed by atoms with Crippen LogP contribution in [0.3, 0.4) is 0 Å². The van der Waals surface area contributed by atoms with Crippen LogP contribution < -0.4 is 5.73 Å². The molecule has 78 valence electrons. The Kier molecular flexibility index (Phi) is 2.46. The van der Waals surface area contributed by atoms with Crippen molar-refractivity contribution in [2.24, 2.45) is 0 Å². The van der Waals surface area contributed by atoms with Gasteiger partial charge >= 0.3 is 0 Å². The number of nitrogens with zero attached hydrogens (tertiary/aromatic N) is 1. The third kappa shape index (κ3) is 1.61. The van der Waals surface area contributed by atoms with Gasteiger partial charge in [-0.05, 0) is 18.9 Å². The summed E-state index contributed by atoms with van der Waals surface area (Å²) in [5.41, 5.74) is 9.77. The lowest BCUT2D eigenvalue weighted by Crippen LogP contribution is -1.89. The van der Waals surface area contributed by atoms with Crippen LogP contribution in [0.4, 0.5) is 5.88 Å². The standard InChI is InChI=1S/C12H14N2O/c1-3-9-6-4-5-7-10(9)11-8(2)12(13)15-14-11/h4-7H,3,13H2,1-2H3. The minimum absolute atomic E-state index is 0.399. The summed E-state index contributed by atoms with van der Waals surface area (Å²) < 4.78 is 4.98. The maximum Gasteiger partial charge on any atom is 0.225 e. The van der Waals surface area contributed by atoms with Crippen LogP contribution in [0.1, 0.15) is 18.1 Å². The Morgan fingerprint density at radius 3 is 2.67 bits per heavy atom. The summed E-state index contributed by atoms with van der Waals surface area (Å²) in [6, 6.07) is 8.17. The summed E-state index contributed by atoms with van der Waals surface area (Å²) in [7, 11) is 0. The number of rotatable bonds is 2. The number of aromatic nitrogens is 1. The van der Waals surface area contributed by atoms with Crippen LogP contribution in [0.5, 0.6) is 0 Å². The van der Waals surface area contributed by atoms with Gasteiger partial charge in [-0.1, -0.05) is 36.3 Å². The first-order valence-corrected chi connectivity index (χ1v) is 5.04. The molecule has 0 aliphatic carbocycles. The van der Waals surface area contributed by atoms with Gasteiger partial charge in [0.05, 0.1) is 0 Å². The van der Waals surface area contributed by atoms with Gasteiger partial charge in [-0.15, -0.1) is 0 Å². The number of benzene rings is 1. The Morgan fingerprint density at radius 1 is 1.33 bits per heavy atom. The molecule has 1 aromatic carbocycles. The van der Waals surface area contributed by atoms with Crippen molar-refractivity contribution in [1.29, 1.82) is 0 Å². The molecular formula is C12H14N2O. The summed E-state index contributed by atoms with van der Waals surface area (Å²) in [5, 5.41) is 3.99. The molecule has 3 heteroatoms. The van der Waals surface area contributed by atoms with E-state index in [4.69, 9.17) is 10.3 Å². The number of nitrogen functional groups attached to an aromatic ring is 1. The fraction of sp³-hybridized carbons (Fsp3) is 0.250. The predicted octanol–water partition coefficient (Wildman–Crippen LogP) is 2.79. The maximum absolute atomic E-state index is 5.64. The molecule has 0 atom stereocenters. The lowest BCUT2D eigenvalue weighted by Gasteiger charge is -2.04. The molecule has 0 aliphatic rings. The molecule has 0 saturated carbocycles. The van der Waals surface area contributed by atoms with Crippen LogP contribution in [0.2, 0.25) is 0 Å². The van der Waals surface area contributed by atoms with E-state index in [9.17, 15) is 0 Å². The van der Waals surface area contributed by atoms with Gasteiger partial charge in [-0.2, -0.15) is 0 Å². The van der Waals surface area contributed by atoms with Crippen molar-refractivity contribution in [3.63, 3.8) is 0 Å². The zero-order valence-corrected chi connectivity index (χ0v) is 8.95. The van der Waals surface area contributed by atoms with Crippen molar-refractivity contribution in [2.75, 3.05) is 5.73 Å². The lowest BCUT2D eigenvalue weighted by molar-refractivity contribution is 0.439. The number of nitrogens with two attached hydrogens (primary N) is 1. The number of anilines is 1. The summed E-state index contributed by atoms with van der Waals surface area (Å²) in [5.74, 6) is 0.399. The summed E-state index contributed by atoms with van der Waals surface area (Å²) in [4.78, 5) is 0. The van der Waals surface area contributed by atoms with E-state index in [1.165, 1.54) is 5.56 Å². The molecule has 0 saturated heterocycles. The third-order valence-electron chi connectivity index (χ3n) is 2.61. The molecule has 2 N–H and O–H groups in total. The topological polar surface area (TPSA) is 52.0 Å². The average molecular weight is 202 g/mol. The maximum atomic E-state index is 5.64. The van der Waals surface area contributed by atoms with Crippen molar-refractivity contribution < 1.29 is 4.52 Å². The predicted molar refractivity (Wildman–Crippen MR) is 60.5 cm³/mol. The molecule has 2 aromatic rings. The number of hydrogen-bond acceptors (Lipinski definition) is 3. The van der Waals surface area contributed by atoms with Gasteiger partial charge in [-0.3, -0.25) is 0 Å². The van der Waals surface area contributed by atoms with Gasteiger partial charge < -0.3 is 10.3 Å². The molecule has 0 aliphatic heterocycles. The Bertz CT molecular complexity index is 474. The third-order valence-corrected chi connectivity index (χ3v) is 2.61. The molecular weight excluding hydrogens is 188 g/mol. The van der Waals surface area contributed by atoms with Crippen LogP contribution in [0, 0.1) is 6.92 Å². The van der Waals surface area contributed by atoms with Crippen molar-refractivity contribution in [3.05, 3.63) is 35.4 Å². The highest BCUT2D eigenvalue weighted by atomic mass is 16.5. The number of aryl methyl sites for hydroxylation is 1. The SMILES string of the molecule is CCc1ccccc1-c1noc(N)c1C. The van der Waals surface area contributed by atoms with Gasteiger partial charge in [-0.25, -0.2) is 0 Å². The summed E-state index contributed by atoms with van der Waals surface area (Å²) >= 11 is 0. The van der Waals surface area contributed by atoms with E-state index in [1.54, 1.807) is 0 Å². The van der Waals surface area contributed by atoms with Gasteiger partial charge in [0.25, 0.3) is 0 Å². The number of hydrogen-bond donors (Lipinski definition) is 1. The average Bonchev–Trinajstić information content (AvgIpc) is 2.60. The smallest absolute Gasteiger partial charge is 0.225 e. The molecule has 0 amide bonds. The van der Waals surface area contributed by atoms with Crippen LogP contribution in [0.15, 0.2) is 28.8 Å². The minimum Gasteiger partial charge on any atom is -0.367 e. The first-order chi connectivity index (χ1) is 7.24. The van der Waals surface area contributed by atoms with Gasteiger partial charge in [0.1, 0.15) is 5.69 Å². The second-order valence-corrected chi connectivity index (χ2v) is 3.53. The van der Waals surface area contributed by atoms with Crippen LogP contribution >= 0.6 is 0 Å². The first kappa shape index (κ1) is 9.77. The highest BCUT2D eigenvalue weighted by Gasteiger charge is 2.13. The van der Waals surface area contributed by atoms with Gasteiger partial charge in [0, 0.05) is 11.1 Å². The van der Waals surface area contributed by atoms with E-state index >= 15 is 0 Å². The molecule has 0 radical (unpaired) electrons. The van der Waals surface area contributed by atoms with E-state index < -0.39 is 0 Å². The molecule has 1 aromatic heterocycles. The molecule has 2 rings (SSSR count). The Morgan fingerprint density at radius 2 is 2.07 bits per heavy atom. The van der Waals surface area contributed by atoms with Gasteiger partial charge in [0.2, 0.25) is 5.88 Å². The molecule has 0 fully saturated rings. The highest BCUT2D eigenvalue weighted by Crippen LogP contribution is 2.28. The van der Waals surface area contributed by atoms with E-state index in [2.05, 4.69) is 18.1 Å². The van der Waals surface area contributed by atoms with E-state index in [0.29, 0.717) is 5.88 Å². The van der Waals surface area contributed by atoms with E-state index in [0.717, 1.165) is 23.2 Å². The Labute approximate surface area is 88.9 Å². The fourth-order valence-corrected chi connectivity index (χ4v) is 1.66. The quantitative estimate of drug-likeness (QED) is 0.814. The molecule has 0 spiro atoms. The largest absolute Gasteiger partial charge is 0.367 e. The second kappa shape index (κ2) is 3.77. The van der Waals surface area contributed by atoms with Crippen LogP contribution in [0.25, 0.3) is 11.3 Å². The zero-order valence-electron chi connectivity index (χ0n) is 8.95. The molecule has 0 bridgehead atoms. The Hall–Kier alpha value is -1.77. The van der Waals surface area contributed by atoms with Crippen LogP contribution in [-0.4, -0.2) is 5.16 Å². The molecule has 3 nitrogen and oxygen atoms in total. The highest BCUT2D eigenvalue weighted by molar-refractivity contribution is 5.69. The van der Waals surface area contributed by atoms with Gasteiger partial charge in [0.15, 0.2) is 0 Å². The van der Waals surface area contributed by atoms with E-state index in [-0.39, 0.29) is 0 Å². The summed E-state index contributed by atoms with van der Waals surface area (Å²) in [6.45, 7) is 4.05. The molecule has 15 heavy (non-hydrogen) atoms. The monoisotopic (exact) mass is 202 g/mol. The molecule has 0 unspecified atom stereocenters. The van der Waals surface area contributed by atoms with Crippen LogP contribution in [-0.2, 0) is 6.42 Å². The van der Waals surface area contributed by atoms with E-state index in [1.807, 2.05) is 25.1 Å². The Balaban J connectivity index is 2.58.